The number of hydrogen-bond donors (Lipinski definition) is 2. The highest BCUT2D eigenvalue weighted by atomic mass is 32.2. The number of amides is 1. The van der Waals surface area contributed by atoms with Crippen molar-refractivity contribution in [2.75, 3.05) is 18.9 Å². The molecule has 1 atom stereocenters. The van der Waals surface area contributed by atoms with Gasteiger partial charge in [0.2, 0.25) is 5.91 Å². The molecule has 1 aromatic rings. The minimum atomic E-state index is -0.387. The summed E-state index contributed by atoms with van der Waals surface area (Å²) in [6, 6.07) is 1.75. The molecule has 19 heavy (non-hydrogen) atoms. The Hall–Kier alpha value is -1.34. The number of aryl methyl sites for hydroxylation is 1. The lowest BCUT2D eigenvalue weighted by molar-refractivity contribution is -0.119. The van der Waals surface area contributed by atoms with Gasteiger partial charge in [0, 0.05) is 18.8 Å². The Morgan fingerprint density at radius 2 is 2.53 bits per heavy atom. The van der Waals surface area contributed by atoms with Gasteiger partial charge in [-0.25, -0.2) is 4.79 Å². The average molecular weight is 283 g/mol. The van der Waals surface area contributed by atoms with Crippen LogP contribution in [0.5, 0.6) is 0 Å². The zero-order valence-electron chi connectivity index (χ0n) is 10.8. The van der Waals surface area contributed by atoms with E-state index in [4.69, 9.17) is 4.74 Å². The lowest BCUT2D eigenvalue weighted by Crippen LogP contribution is -2.32. The van der Waals surface area contributed by atoms with Gasteiger partial charge in [0.15, 0.2) is 0 Å². The van der Waals surface area contributed by atoms with E-state index in [1.807, 2.05) is 0 Å². The molecule has 1 saturated heterocycles. The molecule has 0 unspecified atom stereocenters. The lowest BCUT2D eigenvalue weighted by Gasteiger charge is -2.10. The number of nitrogens with one attached hydrogen (secondary N) is 2. The molecule has 1 amide bonds. The normalized spacial score (nSPS) is 18.5. The first kappa shape index (κ1) is 14.1. The highest BCUT2D eigenvalue weighted by Gasteiger charge is 2.16. The summed E-state index contributed by atoms with van der Waals surface area (Å²) in [5.41, 5.74) is 0.351. The summed E-state index contributed by atoms with van der Waals surface area (Å²) in [7, 11) is 0. The SMILES string of the molecule is Cc1cc(SCC(=O)NC[C@H]2CCCO2)nc(=O)[nH]1. The predicted molar refractivity (Wildman–Crippen MR) is 72.3 cm³/mol. The number of thioether (sulfide) groups is 1. The van der Waals surface area contributed by atoms with E-state index in [-0.39, 0.29) is 23.5 Å². The minimum Gasteiger partial charge on any atom is -0.376 e. The number of H-pyrrole nitrogens is 1. The molecule has 1 aliphatic rings. The maximum atomic E-state index is 11.6. The summed E-state index contributed by atoms with van der Waals surface area (Å²) < 4.78 is 5.42. The molecule has 7 heteroatoms. The van der Waals surface area contributed by atoms with E-state index in [1.54, 1.807) is 13.0 Å². The fraction of sp³-hybridized carbons (Fsp3) is 0.583. The molecule has 1 fully saturated rings. The maximum Gasteiger partial charge on any atom is 0.346 e. The fourth-order valence-electron chi connectivity index (χ4n) is 1.85. The molecule has 104 valence electrons. The van der Waals surface area contributed by atoms with Crippen LogP contribution in [0.15, 0.2) is 15.9 Å². The molecule has 2 rings (SSSR count). The minimum absolute atomic E-state index is 0.0692. The number of carbonyl (C=O) groups is 1. The van der Waals surface area contributed by atoms with Gasteiger partial charge in [0.05, 0.1) is 11.9 Å². The van der Waals surface area contributed by atoms with E-state index in [0.29, 0.717) is 11.6 Å². The van der Waals surface area contributed by atoms with Crippen molar-refractivity contribution in [1.29, 1.82) is 0 Å². The third-order valence-electron chi connectivity index (χ3n) is 2.76. The number of aromatic nitrogens is 2. The Labute approximate surface area is 115 Å². The van der Waals surface area contributed by atoms with Crippen molar-refractivity contribution >= 4 is 17.7 Å². The first-order valence-electron chi connectivity index (χ1n) is 6.22. The van der Waals surface area contributed by atoms with Gasteiger partial charge in [-0.3, -0.25) is 4.79 Å². The summed E-state index contributed by atoms with van der Waals surface area (Å²) >= 11 is 1.26. The largest absolute Gasteiger partial charge is 0.376 e. The lowest BCUT2D eigenvalue weighted by atomic mass is 10.2. The van der Waals surface area contributed by atoms with Crippen LogP contribution in [-0.4, -0.2) is 40.9 Å². The molecule has 1 aromatic heterocycles. The molecule has 1 aliphatic heterocycles. The smallest absolute Gasteiger partial charge is 0.346 e. The van der Waals surface area contributed by atoms with Gasteiger partial charge in [0.1, 0.15) is 5.03 Å². The topological polar surface area (TPSA) is 84.1 Å². The van der Waals surface area contributed by atoms with E-state index >= 15 is 0 Å². The molecule has 2 N–H and O–H groups in total. The van der Waals surface area contributed by atoms with Crippen molar-refractivity contribution < 1.29 is 9.53 Å². The zero-order chi connectivity index (χ0) is 13.7. The van der Waals surface area contributed by atoms with E-state index in [0.717, 1.165) is 25.1 Å². The summed E-state index contributed by atoms with van der Waals surface area (Å²) in [5, 5.41) is 3.39. The molecule has 2 heterocycles. The molecule has 6 nitrogen and oxygen atoms in total. The second-order valence-corrected chi connectivity index (χ2v) is 5.43. The van der Waals surface area contributed by atoms with Crippen LogP contribution in [0, 0.1) is 6.92 Å². The van der Waals surface area contributed by atoms with Crippen LogP contribution in [0.3, 0.4) is 0 Å². The first-order valence-corrected chi connectivity index (χ1v) is 7.21. The summed E-state index contributed by atoms with van der Waals surface area (Å²) in [6.07, 6.45) is 2.21. The average Bonchev–Trinajstić information content (AvgIpc) is 2.86. The van der Waals surface area contributed by atoms with Crippen LogP contribution in [0.25, 0.3) is 0 Å². The Bertz CT molecular complexity index is 497. The van der Waals surface area contributed by atoms with Crippen molar-refractivity contribution in [3.63, 3.8) is 0 Å². The third-order valence-corrected chi connectivity index (χ3v) is 3.67. The standard InChI is InChI=1S/C12H17N3O3S/c1-8-5-11(15-12(17)14-8)19-7-10(16)13-6-9-3-2-4-18-9/h5,9H,2-4,6-7H2,1H3,(H,13,16)(H,14,15,17)/t9-/m1/s1. The molecule has 0 aliphatic carbocycles. The number of aromatic amines is 1. The van der Waals surface area contributed by atoms with Gasteiger partial charge >= 0.3 is 5.69 Å². The van der Waals surface area contributed by atoms with Crippen LogP contribution in [-0.2, 0) is 9.53 Å². The number of hydrogen-bond acceptors (Lipinski definition) is 5. The van der Waals surface area contributed by atoms with Gasteiger partial charge in [-0.05, 0) is 25.8 Å². The number of ether oxygens (including phenoxy) is 1. The molecule has 0 bridgehead atoms. The van der Waals surface area contributed by atoms with Crippen LogP contribution in [0.1, 0.15) is 18.5 Å². The van der Waals surface area contributed by atoms with Gasteiger partial charge < -0.3 is 15.0 Å². The summed E-state index contributed by atoms with van der Waals surface area (Å²) in [6.45, 7) is 3.12. The quantitative estimate of drug-likeness (QED) is 0.606. The zero-order valence-corrected chi connectivity index (χ0v) is 11.6. The Morgan fingerprint density at radius 3 is 3.21 bits per heavy atom. The number of nitrogens with zero attached hydrogens (tertiary/aromatic N) is 1. The highest BCUT2D eigenvalue weighted by molar-refractivity contribution is 7.99. The van der Waals surface area contributed by atoms with Crippen LogP contribution in [0.2, 0.25) is 0 Å². The van der Waals surface area contributed by atoms with Crippen LogP contribution >= 0.6 is 11.8 Å². The van der Waals surface area contributed by atoms with Crippen molar-refractivity contribution in [3.05, 3.63) is 22.2 Å². The van der Waals surface area contributed by atoms with E-state index in [2.05, 4.69) is 15.3 Å². The van der Waals surface area contributed by atoms with Crippen molar-refractivity contribution in [2.24, 2.45) is 0 Å². The Kier molecular flexibility index (Phi) is 4.98. The van der Waals surface area contributed by atoms with Gasteiger partial charge in [-0.1, -0.05) is 11.8 Å². The Morgan fingerprint density at radius 1 is 1.68 bits per heavy atom. The monoisotopic (exact) mass is 283 g/mol. The third kappa shape index (κ3) is 4.68. The van der Waals surface area contributed by atoms with Gasteiger partial charge in [0.25, 0.3) is 0 Å². The highest BCUT2D eigenvalue weighted by Crippen LogP contribution is 2.14. The van der Waals surface area contributed by atoms with E-state index in [1.165, 1.54) is 11.8 Å². The molecule has 0 aromatic carbocycles. The van der Waals surface area contributed by atoms with Crippen LogP contribution < -0.4 is 11.0 Å². The van der Waals surface area contributed by atoms with E-state index in [9.17, 15) is 9.59 Å². The number of rotatable bonds is 5. The second-order valence-electron chi connectivity index (χ2n) is 4.44. The maximum absolute atomic E-state index is 11.6. The fourth-order valence-corrected chi connectivity index (χ4v) is 2.64. The van der Waals surface area contributed by atoms with Gasteiger partial charge in [-0.15, -0.1) is 0 Å². The first-order chi connectivity index (χ1) is 9.13. The molecule has 0 radical (unpaired) electrons. The van der Waals surface area contributed by atoms with Crippen molar-refractivity contribution in [1.82, 2.24) is 15.3 Å². The molecular formula is C12H17N3O3S. The summed E-state index contributed by atoms with van der Waals surface area (Å²) in [5.74, 6) is 0.183. The van der Waals surface area contributed by atoms with Crippen molar-refractivity contribution in [3.8, 4) is 0 Å². The molecule has 0 spiro atoms. The second kappa shape index (κ2) is 6.72. The summed E-state index contributed by atoms with van der Waals surface area (Å²) in [4.78, 5) is 29.2. The molecular weight excluding hydrogens is 266 g/mol. The predicted octanol–water partition coefficient (Wildman–Crippen LogP) is 0.466. The van der Waals surface area contributed by atoms with Crippen LogP contribution in [0.4, 0.5) is 0 Å². The Balaban J connectivity index is 1.74. The van der Waals surface area contributed by atoms with Crippen molar-refractivity contribution in [2.45, 2.75) is 30.9 Å². The molecule has 0 saturated carbocycles. The van der Waals surface area contributed by atoms with Gasteiger partial charge in [-0.2, -0.15) is 4.98 Å². The van der Waals surface area contributed by atoms with E-state index < -0.39 is 0 Å². The number of carbonyl (C=O) groups excluding carboxylic acids is 1.